The van der Waals surface area contributed by atoms with Gasteiger partial charge in [-0.3, -0.25) is 19.2 Å². The number of aliphatic hydroxyl groups is 1. The molecule has 15 nitrogen and oxygen atoms in total. The maximum absolute atomic E-state index is 12.6. The Labute approximate surface area is 325 Å². The van der Waals surface area contributed by atoms with E-state index in [0.29, 0.717) is 0 Å². The van der Waals surface area contributed by atoms with E-state index in [1.165, 1.54) is 6.92 Å². The summed E-state index contributed by atoms with van der Waals surface area (Å²) in [6, 6.07) is 28.0. The van der Waals surface area contributed by atoms with Crippen molar-refractivity contribution in [1.82, 2.24) is 0 Å². The lowest BCUT2D eigenvalue weighted by Gasteiger charge is -2.48. The van der Waals surface area contributed by atoms with E-state index in [4.69, 9.17) is 47.4 Å². The largest absolute Gasteiger partial charge is 0.463 e. The molecule has 0 unspecified atom stereocenters. The molecule has 1 N–H and O–H groups in total. The number of carbonyl (C=O) groups is 4. The van der Waals surface area contributed by atoms with Crippen LogP contribution in [0.2, 0.25) is 0 Å². The number of hydrogen-bond acceptors (Lipinski definition) is 15. The highest BCUT2D eigenvalue weighted by Gasteiger charge is 2.56. The molecule has 0 amide bonds. The zero-order valence-corrected chi connectivity index (χ0v) is 31.6. The van der Waals surface area contributed by atoms with Crippen LogP contribution in [0, 0.1) is 0 Å². The van der Waals surface area contributed by atoms with Crippen molar-refractivity contribution in [2.24, 2.45) is 0 Å². The predicted octanol–water partition coefficient (Wildman–Crippen LogP) is 3.56. The fourth-order valence-corrected chi connectivity index (χ4v) is 6.41. The predicted molar refractivity (Wildman–Crippen MR) is 194 cm³/mol. The summed E-state index contributed by atoms with van der Waals surface area (Å²) in [5, 5.41) is 11.5. The zero-order valence-electron chi connectivity index (χ0n) is 31.6. The molecule has 15 heteroatoms. The lowest BCUT2D eigenvalue weighted by Crippen LogP contribution is -2.66. The van der Waals surface area contributed by atoms with Crippen LogP contribution < -0.4 is 0 Å². The maximum Gasteiger partial charge on any atom is 0.303 e. The molecule has 56 heavy (non-hydrogen) atoms. The van der Waals surface area contributed by atoms with Crippen molar-refractivity contribution in [2.45, 2.75) is 109 Å². The van der Waals surface area contributed by atoms with Crippen LogP contribution in [0.1, 0.15) is 44.4 Å². The lowest BCUT2D eigenvalue weighted by molar-refractivity contribution is -0.365. The minimum atomic E-state index is -1.59. The van der Waals surface area contributed by atoms with Crippen LogP contribution in [0.5, 0.6) is 0 Å². The smallest absolute Gasteiger partial charge is 0.303 e. The molecular formula is C41H48O15. The standard InChI is InChI=1S/C41H48O15/c1-25(42)48-24-33-35(51-26(2)43)37(52-27(3)44)39(53-28(4)45)41(55-33)56-34-32(23-47-20-29-14-8-5-9-15-29)54-40(46)38(50-22-31-18-12-7-13-19-31)36(34)49-21-30-16-10-6-11-17-30/h5-19,32-41,46H,20-24H2,1-4H3/t32-,33-,34-,35+,36+,37+,38-,39-,40+,41+/m1/s1. The highest BCUT2D eigenvalue weighted by molar-refractivity contribution is 5.68. The van der Waals surface area contributed by atoms with Gasteiger partial charge in [0.2, 0.25) is 0 Å². The van der Waals surface area contributed by atoms with Gasteiger partial charge in [-0.15, -0.1) is 0 Å². The van der Waals surface area contributed by atoms with Gasteiger partial charge in [-0.25, -0.2) is 0 Å². The highest BCUT2D eigenvalue weighted by atomic mass is 16.8. The molecule has 2 heterocycles. The van der Waals surface area contributed by atoms with Crippen molar-refractivity contribution in [1.29, 1.82) is 0 Å². The van der Waals surface area contributed by atoms with E-state index in [-0.39, 0.29) is 26.4 Å². The summed E-state index contributed by atoms with van der Waals surface area (Å²) in [6.45, 7) is 4.29. The maximum atomic E-state index is 12.6. The number of benzene rings is 3. The Morgan fingerprint density at radius 2 is 0.982 bits per heavy atom. The van der Waals surface area contributed by atoms with Gasteiger partial charge in [0.1, 0.15) is 37.1 Å². The van der Waals surface area contributed by atoms with Crippen molar-refractivity contribution >= 4 is 23.9 Å². The van der Waals surface area contributed by atoms with E-state index in [2.05, 4.69) is 0 Å². The lowest BCUT2D eigenvalue weighted by atomic mass is 9.96. The molecule has 3 aromatic rings. The molecule has 2 fully saturated rings. The molecule has 3 aromatic carbocycles. The first kappa shape index (κ1) is 42.4. The van der Waals surface area contributed by atoms with Gasteiger partial charge < -0.3 is 52.5 Å². The summed E-state index contributed by atoms with van der Waals surface area (Å²) in [4.78, 5) is 49.4. The Morgan fingerprint density at radius 3 is 1.50 bits per heavy atom. The number of hydrogen-bond donors (Lipinski definition) is 1. The monoisotopic (exact) mass is 780 g/mol. The minimum Gasteiger partial charge on any atom is -0.463 e. The van der Waals surface area contributed by atoms with Gasteiger partial charge in [-0.05, 0) is 16.7 Å². The first-order valence-corrected chi connectivity index (χ1v) is 18.2. The summed E-state index contributed by atoms with van der Waals surface area (Å²) in [5.41, 5.74) is 2.49. The van der Waals surface area contributed by atoms with Crippen molar-refractivity contribution in [3.05, 3.63) is 108 Å². The third-order valence-electron chi connectivity index (χ3n) is 8.81. The highest BCUT2D eigenvalue weighted by Crippen LogP contribution is 2.35. The molecule has 302 valence electrons. The zero-order chi connectivity index (χ0) is 40.0. The van der Waals surface area contributed by atoms with Gasteiger partial charge in [0.25, 0.3) is 0 Å². The third-order valence-corrected chi connectivity index (χ3v) is 8.81. The molecule has 2 saturated heterocycles. The topological polar surface area (TPSA) is 181 Å². The molecule has 0 bridgehead atoms. The fraction of sp³-hybridized carbons (Fsp3) is 0.463. The number of esters is 4. The Hall–Kier alpha value is -4.74. The second kappa shape index (κ2) is 21.0. The molecule has 0 radical (unpaired) electrons. The van der Waals surface area contributed by atoms with Crippen LogP contribution in [0.15, 0.2) is 91.0 Å². The number of ether oxygens (including phenoxy) is 10. The van der Waals surface area contributed by atoms with Gasteiger partial charge >= 0.3 is 23.9 Å². The fourth-order valence-electron chi connectivity index (χ4n) is 6.41. The van der Waals surface area contributed by atoms with E-state index in [9.17, 15) is 24.3 Å². The molecule has 10 atom stereocenters. The van der Waals surface area contributed by atoms with E-state index in [0.717, 1.165) is 37.5 Å². The first-order valence-electron chi connectivity index (χ1n) is 18.2. The van der Waals surface area contributed by atoms with Crippen LogP contribution >= 0.6 is 0 Å². The van der Waals surface area contributed by atoms with Crippen molar-refractivity contribution in [2.75, 3.05) is 13.2 Å². The minimum absolute atomic E-state index is 0.0550. The molecule has 2 aliphatic heterocycles. The Balaban J connectivity index is 1.54. The normalized spacial score (nSPS) is 27.4. The number of carbonyl (C=O) groups excluding carboxylic acids is 4. The van der Waals surface area contributed by atoms with Gasteiger partial charge in [0.05, 0.1) is 26.4 Å². The molecular weight excluding hydrogens is 732 g/mol. The van der Waals surface area contributed by atoms with Crippen LogP contribution in [-0.4, -0.2) is 104 Å². The van der Waals surface area contributed by atoms with Gasteiger partial charge in [0, 0.05) is 27.7 Å². The van der Waals surface area contributed by atoms with Gasteiger partial charge in [-0.1, -0.05) is 91.0 Å². The Morgan fingerprint density at radius 1 is 0.518 bits per heavy atom. The summed E-state index contributed by atoms with van der Waals surface area (Å²) in [7, 11) is 0. The van der Waals surface area contributed by atoms with Crippen molar-refractivity contribution in [3.63, 3.8) is 0 Å². The summed E-state index contributed by atoms with van der Waals surface area (Å²) in [5.74, 6) is -3.05. The van der Waals surface area contributed by atoms with Crippen molar-refractivity contribution in [3.8, 4) is 0 Å². The molecule has 2 aliphatic rings. The third kappa shape index (κ3) is 12.4. The van der Waals surface area contributed by atoms with Crippen molar-refractivity contribution < 1.29 is 71.7 Å². The Bertz CT molecular complexity index is 1690. The van der Waals surface area contributed by atoms with Crippen LogP contribution in [0.25, 0.3) is 0 Å². The summed E-state index contributed by atoms with van der Waals surface area (Å²) < 4.78 is 60.2. The quantitative estimate of drug-likeness (QED) is 0.155. The average molecular weight is 781 g/mol. The first-order chi connectivity index (χ1) is 27.0. The van der Waals surface area contributed by atoms with Crippen LogP contribution in [0.4, 0.5) is 0 Å². The summed E-state index contributed by atoms with van der Waals surface area (Å²) >= 11 is 0. The van der Waals surface area contributed by atoms with E-state index >= 15 is 0 Å². The molecule has 0 spiro atoms. The number of rotatable bonds is 17. The molecule has 0 aliphatic carbocycles. The van der Waals surface area contributed by atoms with Gasteiger partial charge in [-0.2, -0.15) is 0 Å². The van der Waals surface area contributed by atoms with Gasteiger partial charge in [0.15, 0.2) is 30.9 Å². The SMILES string of the molecule is CC(=O)OC[C@H]1O[C@@H](O[C@H]2[C@H](OCc3ccccc3)[C@@H](OCc3ccccc3)[C@@H](O)O[C@@H]2COCc2ccccc2)[C@H](OC(C)=O)[C@@H](OC(C)=O)[C@H]1OC(C)=O. The molecule has 0 saturated carbocycles. The molecule has 5 rings (SSSR count). The van der Waals surface area contributed by atoms with Crippen LogP contribution in [-0.2, 0) is 86.4 Å². The van der Waals surface area contributed by atoms with E-state index in [1.807, 2.05) is 91.0 Å². The Kier molecular flexibility index (Phi) is 15.9. The second-order valence-corrected chi connectivity index (χ2v) is 13.3. The van der Waals surface area contributed by atoms with Crippen LogP contribution in [0.3, 0.4) is 0 Å². The molecule has 0 aromatic heterocycles. The number of aliphatic hydroxyl groups excluding tert-OH is 1. The second-order valence-electron chi connectivity index (χ2n) is 13.3. The van der Waals surface area contributed by atoms with E-state index in [1.54, 1.807) is 0 Å². The average Bonchev–Trinajstić information content (AvgIpc) is 3.16. The summed E-state index contributed by atoms with van der Waals surface area (Å²) in [6.07, 6.45) is -13.3. The van der Waals surface area contributed by atoms with E-state index < -0.39 is 91.9 Å².